The number of methoxy groups -OCH3 is 1. The van der Waals surface area contributed by atoms with Crippen molar-refractivity contribution < 1.29 is 23.8 Å². The summed E-state index contributed by atoms with van der Waals surface area (Å²) < 4.78 is 16.6. The number of aliphatic hydroxyl groups is 1. The Labute approximate surface area is 188 Å². The van der Waals surface area contributed by atoms with Crippen LogP contribution in [-0.4, -0.2) is 56.8 Å². The third-order valence-electron chi connectivity index (χ3n) is 5.04. The number of rotatable bonds is 12. The molecule has 0 amide bonds. The van der Waals surface area contributed by atoms with E-state index in [4.69, 9.17) is 13.9 Å². The van der Waals surface area contributed by atoms with Gasteiger partial charge in [0, 0.05) is 38.4 Å². The fourth-order valence-electron chi connectivity index (χ4n) is 3.38. The molecule has 0 fully saturated rings. The Bertz CT molecular complexity index is 971. The molecule has 7 nitrogen and oxygen atoms in total. The van der Waals surface area contributed by atoms with Gasteiger partial charge in [-0.3, -0.25) is 9.69 Å². The maximum absolute atomic E-state index is 11.0. The lowest BCUT2D eigenvalue weighted by Gasteiger charge is -2.25. The lowest BCUT2D eigenvalue weighted by atomic mass is 10.1. The van der Waals surface area contributed by atoms with Gasteiger partial charge in [0.05, 0.1) is 19.9 Å². The molecular formula is C25H30N2O5. The van der Waals surface area contributed by atoms with E-state index in [0.29, 0.717) is 36.7 Å². The third kappa shape index (κ3) is 6.60. The molecule has 170 valence electrons. The van der Waals surface area contributed by atoms with Crippen molar-refractivity contribution >= 4 is 12.0 Å². The largest absolute Gasteiger partial charge is 0.493 e. The van der Waals surface area contributed by atoms with Crippen molar-refractivity contribution in [3.8, 4) is 11.5 Å². The zero-order valence-electron chi connectivity index (χ0n) is 18.7. The first-order chi connectivity index (χ1) is 15.5. The van der Waals surface area contributed by atoms with Crippen molar-refractivity contribution in [2.75, 3.05) is 39.3 Å². The van der Waals surface area contributed by atoms with Crippen molar-refractivity contribution in [1.82, 2.24) is 4.90 Å². The predicted molar refractivity (Wildman–Crippen MR) is 123 cm³/mol. The van der Waals surface area contributed by atoms with E-state index >= 15 is 0 Å². The number of ether oxygens (including phenoxy) is 2. The first kappa shape index (κ1) is 23.4. The quantitative estimate of drug-likeness (QED) is 0.433. The van der Waals surface area contributed by atoms with Crippen molar-refractivity contribution in [3.63, 3.8) is 0 Å². The normalized spacial score (nSPS) is 11.9. The predicted octanol–water partition coefficient (Wildman–Crippen LogP) is 3.61. The molecule has 1 unspecified atom stereocenters. The molecular weight excluding hydrogens is 408 g/mol. The number of aliphatic hydroxyl groups excluding tert-OH is 1. The lowest BCUT2D eigenvalue weighted by molar-refractivity contribution is 0.0596. The fraction of sp³-hybridized carbons (Fsp3) is 0.320. The maximum Gasteiger partial charge on any atom is 0.161 e. The number of hydrogen-bond donors (Lipinski definition) is 1. The number of nitrogens with zero attached hydrogens (tertiary/aromatic N) is 2. The van der Waals surface area contributed by atoms with E-state index in [2.05, 4.69) is 34.1 Å². The van der Waals surface area contributed by atoms with Crippen LogP contribution in [0.4, 0.5) is 5.69 Å². The smallest absolute Gasteiger partial charge is 0.161 e. The highest BCUT2D eigenvalue weighted by Gasteiger charge is 2.16. The summed E-state index contributed by atoms with van der Waals surface area (Å²) in [4.78, 5) is 15.1. The molecule has 0 radical (unpaired) electrons. The van der Waals surface area contributed by atoms with E-state index in [1.54, 1.807) is 24.5 Å². The molecule has 1 N–H and O–H groups in total. The Balaban J connectivity index is 1.64. The van der Waals surface area contributed by atoms with Crippen molar-refractivity contribution in [2.24, 2.45) is 0 Å². The minimum atomic E-state index is -0.735. The van der Waals surface area contributed by atoms with Crippen LogP contribution in [-0.2, 0) is 13.1 Å². The molecule has 0 aliphatic heterocycles. The van der Waals surface area contributed by atoms with Gasteiger partial charge in [-0.25, -0.2) is 0 Å². The van der Waals surface area contributed by atoms with Crippen LogP contribution in [0.15, 0.2) is 65.3 Å². The molecule has 32 heavy (non-hydrogen) atoms. The SMILES string of the molecule is COc1cc(C=O)ccc1OCC(O)CN(Cc1ccc(N(C)C)cc1)Cc1ccco1. The average Bonchev–Trinajstić information content (AvgIpc) is 3.30. The van der Waals surface area contributed by atoms with E-state index in [0.717, 1.165) is 23.3 Å². The van der Waals surface area contributed by atoms with E-state index in [1.165, 1.54) is 7.11 Å². The molecule has 7 heteroatoms. The van der Waals surface area contributed by atoms with E-state index in [1.807, 2.05) is 26.2 Å². The summed E-state index contributed by atoms with van der Waals surface area (Å²) in [6, 6.07) is 17.0. The van der Waals surface area contributed by atoms with Crippen molar-refractivity contribution in [2.45, 2.75) is 19.2 Å². The molecule has 0 bridgehead atoms. The van der Waals surface area contributed by atoms with E-state index in [9.17, 15) is 9.90 Å². The number of anilines is 1. The summed E-state index contributed by atoms with van der Waals surface area (Å²) in [5.74, 6) is 1.76. The fourth-order valence-corrected chi connectivity index (χ4v) is 3.38. The Morgan fingerprint density at radius 1 is 1.06 bits per heavy atom. The number of furan rings is 1. The topological polar surface area (TPSA) is 75.4 Å². The highest BCUT2D eigenvalue weighted by Crippen LogP contribution is 2.27. The molecule has 3 aromatic rings. The van der Waals surface area contributed by atoms with Crippen LogP contribution in [0.5, 0.6) is 11.5 Å². The highest BCUT2D eigenvalue weighted by molar-refractivity contribution is 5.76. The summed E-state index contributed by atoms with van der Waals surface area (Å²) in [6.45, 7) is 1.70. The number of carbonyl (C=O) groups excluding carboxylic acids is 1. The van der Waals surface area contributed by atoms with Gasteiger partial charge in [0.2, 0.25) is 0 Å². The van der Waals surface area contributed by atoms with Gasteiger partial charge < -0.3 is 23.9 Å². The Hall–Kier alpha value is -3.29. The minimum absolute atomic E-state index is 0.0883. The van der Waals surface area contributed by atoms with Gasteiger partial charge in [0.1, 0.15) is 24.8 Å². The molecule has 0 aliphatic rings. The van der Waals surface area contributed by atoms with Crippen LogP contribution < -0.4 is 14.4 Å². The summed E-state index contributed by atoms with van der Waals surface area (Å²) in [5.41, 5.74) is 2.77. The molecule has 3 rings (SSSR count). The maximum atomic E-state index is 11.0. The monoisotopic (exact) mass is 438 g/mol. The Morgan fingerprint density at radius 2 is 1.84 bits per heavy atom. The first-order valence-electron chi connectivity index (χ1n) is 10.4. The second-order valence-electron chi connectivity index (χ2n) is 7.80. The number of carbonyl (C=O) groups is 1. The average molecular weight is 439 g/mol. The van der Waals surface area contributed by atoms with Crippen molar-refractivity contribution in [3.05, 3.63) is 77.7 Å². The molecule has 0 saturated heterocycles. The van der Waals surface area contributed by atoms with Gasteiger partial charge in [-0.1, -0.05) is 12.1 Å². The molecule has 0 aliphatic carbocycles. The number of hydrogen-bond acceptors (Lipinski definition) is 7. The third-order valence-corrected chi connectivity index (χ3v) is 5.04. The molecule has 0 spiro atoms. The van der Waals surface area contributed by atoms with Crippen LogP contribution in [0, 0.1) is 0 Å². The number of aldehydes is 1. The lowest BCUT2D eigenvalue weighted by Crippen LogP contribution is -2.35. The minimum Gasteiger partial charge on any atom is -0.493 e. The summed E-state index contributed by atoms with van der Waals surface area (Å²) >= 11 is 0. The Morgan fingerprint density at radius 3 is 2.47 bits per heavy atom. The molecule has 1 heterocycles. The van der Waals surface area contributed by atoms with Crippen LogP contribution in [0.1, 0.15) is 21.7 Å². The van der Waals surface area contributed by atoms with E-state index in [-0.39, 0.29) is 6.61 Å². The summed E-state index contributed by atoms with van der Waals surface area (Å²) in [6.07, 6.45) is 1.66. The van der Waals surface area contributed by atoms with Gasteiger partial charge in [0.25, 0.3) is 0 Å². The molecule has 1 aromatic heterocycles. The number of benzene rings is 2. The van der Waals surface area contributed by atoms with Gasteiger partial charge in [-0.15, -0.1) is 0 Å². The van der Waals surface area contributed by atoms with Gasteiger partial charge in [-0.05, 0) is 48.0 Å². The second-order valence-corrected chi connectivity index (χ2v) is 7.80. The van der Waals surface area contributed by atoms with Crippen LogP contribution >= 0.6 is 0 Å². The zero-order chi connectivity index (χ0) is 22.9. The van der Waals surface area contributed by atoms with Gasteiger partial charge in [-0.2, -0.15) is 0 Å². The van der Waals surface area contributed by atoms with Gasteiger partial charge in [0.15, 0.2) is 11.5 Å². The van der Waals surface area contributed by atoms with Gasteiger partial charge >= 0.3 is 0 Å². The Kier molecular flexibility index (Phi) is 8.30. The molecule has 0 saturated carbocycles. The first-order valence-corrected chi connectivity index (χ1v) is 10.4. The highest BCUT2D eigenvalue weighted by atomic mass is 16.5. The summed E-state index contributed by atoms with van der Waals surface area (Å²) in [5, 5.41) is 10.7. The molecule has 1 atom stereocenters. The van der Waals surface area contributed by atoms with Crippen LogP contribution in [0.2, 0.25) is 0 Å². The van der Waals surface area contributed by atoms with Crippen LogP contribution in [0.25, 0.3) is 0 Å². The van der Waals surface area contributed by atoms with E-state index < -0.39 is 6.10 Å². The van der Waals surface area contributed by atoms with Crippen molar-refractivity contribution in [1.29, 1.82) is 0 Å². The second kappa shape index (κ2) is 11.4. The zero-order valence-corrected chi connectivity index (χ0v) is 18.7. The standard InChI is InChI=1S/C25H30N2O5/c1-26(2)21-9-6-19(7-10-21)14-27(16-23-5-4-12-31-23)15-22(29)18-32-24-11-8-20(17-28)13-25(24)30-3/h4-13,17,22,29H,14-16,18H2,1-3H3. The van der Waals surface area contributed by atoms with Crippen LogP contribution in [0.3, 0.4) is 0 Å². The summed E-state index contributed by atoms with van der Waals surface area (Å²) in [7, 11) is 5.53. The molecule has 2 aromatic carbocycles.